The Bertz CT molecular complexity index is 656. The summed E-state index contributed by atoms with van der Waals surface area (Å²) in [7, 11) is 1.37. The van der Waals surface area contributed by atoms with E-state index in [0.717, 1.165) is 17.9 Å². The molecule has 2 aromatic rings. The minimum atomic E-state index is -0.563. The molecule has 3 rings (SSSR count). The van der Waals surface area contributed by atoms with Gasteiger partial charge in [-0.3, -0.25) is 4.90 Å². The molecular weight excluding hydrogens is 296 g/mol. The molecule has 122 valence electrons. The summed E-state index contributed by atoms with van der Waals surface area (Å²) in [6.07, 6.45) is 1.12. The van der Waals surface area contributed by atoms with Crippen LogP contribution in [0.15, 0.2) is 40.9 Å². The molecule has 1 aromatic heterocycles. The molecular formula is C17H20N2O4. The lowest BCUT2D eigenvalue weighted by atomic mass is 10.2. The third-order valence-electron chi connectivity index (χ3n) is 3.77. The van der Waals surface area contributed by atoms with Crippen LogP contribution < -0.4 is 0 Å². The molecule has 1 aliphatic rings. The van der Waals surface area contributed by atoms with E-state index in [9.17, 15) is 4.79 Å². The molecule has 1 saturated heterocycles. The molecule has 0 saturated carbocycles. The Hall–Kier alpha value is -2.18. The van der Waals surface area contributed by atoms with Crippen LogP contribution >= 0.6 is 0 Å². The first kappa shape index (κ1) is 15.7. The third kappa shape index (κ3) is 3.78. The molecule has 6 heteroatoms. The maximum absolute atomic E-state index is 11.7. The van der Waals surface area contributed by atoms with Crippen LogP contribution in [0, 0.1) is 0 Å². The smallest absolute Gasteiger partial charge is 0.336 e. The molecule has 0 amide bonds. The number of methoxy groups -OCH3 is 1. The summed E-state index contributed by atoms with van der Waals surface area (Å²) >= 11 is 0. The Morgan fingerprint density at radius 3 is 2.87 bits per heavy atom. The number of hydrogen-bond acceptors (Lipinski definition) is 6. The fourth-order valence-corrected chi connectivity index (χ4v) is 2.74. The Labute approximate surface area is 135 Å². The molecule has 0 N–H and O–H groups in total. The normalized spacial score (nSPS) is 22.0. The highest BCUT2D eigenvalue weighted by Crippen LogP contribution is 2.21. The fraction of sp³-hybridized carbons (Fsp3) is 0.412. The second-order valence-electron chi connectivity index (χ2n) is 5.64. The molecule has 0 bridgehead atoms. The maximum atomic E-state index is 11.7. The van der Waals surface area contributed by atoms with Gasteiger partial charge in [0.25, 0.3) is 0 Å². The number of hydrogen-bond donors (Lipinski definition) is 0. The fourth-order valence-electron chi connectivity index (χ4n) is 2.74. The van der Waals surface area contributed by atoms with Crippen molar-refractivity contribution in [1.82, 2.24) is 9.88 Å². The first-order chi connectivity index (χ1) is 11.2. The van der Waals surface area contributed by atoms with E-state index >= 15 is 0 Å². The number of nitrogens with zero attached hydrogens (tertiary/aromatic N) is 2. The lowest BCUT2D eigenvalue weighted by molar-refractivity contribution is -0.166. The Morgan fingerprint density at radius 1 is 1.35 bits per heavy atom. The van der Waals surface area contributed by atoms with Crippen molar-refractivity contribution < 1.29 is 18.7 Å². The van der Waals surface area contributed by atoms with E-state index in [2.05, 4.69) is 9.88 Å². The molecule has 1 aromatic carbocycles. The molecule has 6 nitrogen and oxygen atoms in total. The van der Waals surface area contributed by atoms with Crippen LogP contribution in [0.3, 0.4) is 0 Å². The van der Waals surface area contributed by atoms with Crippen LogP contribution in [0.2, 0.25) is 0 Å². The van der Waals surface area contributed by atoms with Crippen LogP contribution in [0.1, 0.15) is 12.8 Å². The van der Waals surface area contributed by atoms with Crippen molar-refractivity contribution in [3.05, 3.63) is 42.4 Å². The summed E-state index contributed by atoms with van der Waals surface area (Å²) in [6.45, 7) is 3.66. The summed E-state index contributed by atoms with van der Waals surface area (Å²) in [5.41, 5.74) is 0.994. The number of carbonyl (C=O) groups is 1. The van der Waals surface area contributed by atoms with Gasteiger partial charge in [0.05, 0.1) is 26.0 Å². The number of aromatic nitrogens is 1. The first-order valence-electron chi connectivity index (χ1n) is 7.61. The standard InChI is InChI=1S/C17H20N2O4/c1-12-9-19(10-15(22-12)17(20)21-2)11-16-18-8-14(23-16)13-6-4-3-5-7-13/h3-8,12,15H,9-11H2,1-2H3/t12-,15+/m1/s1. The van der Waals surface area contributed by atoms with Crippen LogP contribution in [-0.2, 0) is 20.8 Å². The predicted octanol–water partition coefficient (Wildman–Crippen LogP) is 2.10. The van der Waals surface area contributed by atoms with Gasteiger partial charge in [-0.05, 0) is 6.92 Å². The van der Waals surface area contributed by atoms with Gasteiger partial charge in [-0.25, -0.2) is 9.78 Å². The van der Waals surface area contributed by atoms with Gasteiger partial charge in [0, 0.05) is 18.7 Å². The van der Waals surface area contributed by atoms with Gasteiger partial charge >= 0.3 is 5.97 Å². The number of rotatable bonds is 4. The second-order valence-corrected chi connectivity index (χ2v) is 5.64. The van der Waals surface area contributed by atoms with E-state index in [1.807, 2.05) is 37.3 Å². The highest BCUT2D eigenvalue weighted by molar-refractivity contribution is 5.75. The van der Waals surface area contributed by atoms with Crippen molar-refractivity contribution in [3.8, 4) is 11.3 Å². The van der Waals surface area contributed by atoms with Crippen molar-refractivity contribution >= 4 is 5.97 Å². The molecule has 0 aliphatic carbocycles. The number of carbonyl (C=O) groups excluding carboxylic acids is 1. The van der Waals surface area contributed by atoms with Gasteiger partial charge in [0.2, 0.25) is 5.89 Å². The van der Waals surface area contributed by atoms with Crippen molar-refractivity contribution in [1.29, 1.82) is 0 Å². The molecule has 1 aliphatic heterocycles. The minimum Gasteiger partial charge on any atom is -0.467 e. The molecule has 0 spiro atoms. The van der Waals surface area contributed by atoms with Crippen LogP contribution in [0.4, 0.5) is 0 Å². The zero-order valence-corrected chi connectivity index (χ0v) is 13.3. The van der Waals surface area contributed by atoms with Crippen molar-refractivity contribution in [2.24, 2.45) is 0 Å². The van der Waals surface area contributed by atoms with Crippen LogP contribution in [0.5, 0.6) is 0 Å². The number of oxazole rings is 1. The van der Waals surface area contributed by atoms with E-state index in [1.54, 1.807) is 6.20 Å². The SMILES string of the molecule is COC(=O)[C@@H]1CN(Cc2ncc(-c3ccccc3)o2)C[C@@H](C)O1. The van der Waals surface area contributed by atoms with E-state index in [0.29, 0.717) is 19.0 Å². The Kier molecular flexibility index (Phi) is 4.73. The van der Waals surface area contributed by atoms with E-state index in [4.69, 9.17) is 13.9 Å². The Balaban J connectivity index is 1.67. The van der Waals surface area contributed by atoms with Gasteiger partial charge in [-0.15, -0.1) is 0 Å². The van der Waals surface area contributed by atoms with Gasteiger partial charge in [0.15, 0.2) is 11.9 Å². The van der Waals surface area contributed by atoms with E-state index in [-0.39, 0.29) is 12.1 Å². The van der Waals surface area contributed by atoms with Gasteiger partial charge in [-0.1, -0.05) is 30.3 Å². The zero-order valence-electron chi connectivity index (χ0n) is 13.3. The third-order valence-corrected chi connectivity index (χ3v) is 3.77. The molecule has 0 radical (unpaired) electrons. The highest BCUT2D eigenvalue weighted by atomic mass is 16.6. The summed E-state index contributed by atoms with van der Waals surface area (Å²) in [5.74, 6) is 1.02. The van der Waals surface area contributed by atoms with Gasteiger partial charge < -0.3 is 13.9 Å². The maximum Gasteiger partial charge on any atom is 0.336 e. The van der Waals surface area contributed by atoms with E-state index in [1.165, 1.54) is 7.11 Å². The first-order valence-corrected chi connectivity index (χ1v) is 7.61. The van der Waals surface area contributed by atoms with Gasteiger partial charge in [-0.2, -0.15) is 0 Å². The number of benzene rings is 1. The second kappa shape index (κ2) is 6.93. The Morgan fingerprint density at radius 2 is 2.13 bits per heavy atom. The number of morpholine rings is 1. The summed E-state index contributed by atoms with van der Waals surface area (Å²) in [6, 6.07) is 9.84. The quantitative estimate of drug-likeness (QED) is 0.805. The average Bonchev–Trinajstić information content (AvgIpc) is 3.03. The molecule has 0 unspecified atom stereocenters. The van der Waals surface area contributed by atoms with E-state index < -0.39 is 6.10 Å². The van der Waals surface area contributed by atoms with Crippen molar-refractivity contribution in [2.45, 2.75) is 25.7 Å². The monoisotopic (exact) mass is 316 g/mol. The molecule has 23 heavy (non-hydrogen) atoms. The highest BCUT2D eigenvalue weighted by Gasteiger charge is 2.31. The number of ether oxygens (including phenoxy) is 2. The molecule has 2 heterocycles. The predicted molar refractivity (Wildman–Crippen MR) is 83.6 cm³/mol. The molecule has 1 fully saturated rings. The summed E-state index contributed by atoms with van der Waals surface area (Å²) in [4.78, 5) is 18.1. The average molecular weight is 316 g/mol. The minimum absolute atomic E-state index is 0.0450. The molecule has 2 atom stereocenters. The lowest BCUT2D eigenvalue weighted by Gasteiger charge is -2.34. The van der Waals surface area contributed by atoms with Crippen molar-refractivity contribution in [2.75, 3.05) is 20.2 Å². The van der Waals surface area contributed by atoms with Gasteiger partial charge in [0.1, 0.15) is 0 Å². The van der Waals surface area contributed by atoms with Crippen LogP contribution in [0.25, 0.3) is 11.3 Å². The largest absolute Gasteiger partial charge is 0.467 e. The topological polar surface area (TPSA) is 64.8 Å². The number of esters is 1. The van der Waals surface area contributed by atoms with Crippen LogP contribution in [-0.4, -0.2) is 48.3 Å². The summed E-state index contributed by atoms with van der Waals surface area (Å²) < 4.78 is 16.2. The summed E-state index contributed by atoms with van der Waals surface area (Å²) in [5, 5.41) is 0. The lowest BCUT2D eigenvalue weighted by Crippen LogP contribution is -2.49. The zero-order chi connectivity index (χ0) is 16.2. The van der Waals surface area contributed by atoms with Crippen molar-refractivity contribution in [3.63, 3.8) is 0 Å².